The molecule has 20 heavy (non-hydrogen) atoms. The number of fused-ring (bicyclic) bond motifs is 1. The summed E-state index contributed by atoms with van der Waals surface area (Å²) in [6.45, 7) is 0. The molecule has 0 aliphatic carbocycles. The minimum absolute atomic E-state index is 0.226. The van der Waals surface area contributed by atoms with Crippen molar-refractivity contribution in [1.29, 1.82) is 0 Å². The second-order valence-corrected chi connectivity index (χ2v) is 5.04. The van der Waals surface area contributed by atoms with Crippen LogP contribution in [0.5, 0.6) is 0 Å². The number of rotatable bonds is 2. The molecular formula is C14H14N2O4. The summed E-state index contributed by atoms with van der Waals surface area (Å²) in [5.41, 5.74) is 2.04. The minimum atomic E-state index is -0.421. The fraction of sp³-hybridized carbons (Fsp3) is 0.357. The molecule has 0 bridgehead atoms. The second-order valence-electron chi connectivity index (χ2n) is 5.04. The highest BCUT2D eigenvalue weighted by atomic mass is 16.4. The Morgan fingerprint density at radius 3 is 2.90 bits per heavy atom. The summed E-state index contributed by atoms with van der Waals surface area (Å²) in [6.07, 6.45) is 1.34. The van der Waals surface area contributed by atoms with Crippen LogP contribution in [0.1, 0.15) is 18.4 Å². The van der Waals surface area contributed by atoms with Gasteiger partial charge in [0.1, 0.15) is 0 Å². The van der Waals surface area contributed by atoms with Crippen LogP contribution in [0.15, 0.2) is 27.4 Å². The molecule has 0 saturated carbocycles. The van der Waals surface area contributed by atoms with Crippen LogP contribution < -0.4 is 11.1 Å². The van der Waals surface area contributed by atoms with E-state index in [0.29, 0.717) is 30.4 Å². The zero-order chi connectivity index (χ0) is 14.3. The van der Waals surface area contributed by atoms with Gasteiger partial charge in [-0.1, -0.05) is 12.1 Å². The van der Waals surface area contributed by atoms with Gasteiger partial charge in [-0.25, -0.2) is 4.79 Å². The first-order valence-corrected chi connectivity index (χ1v) is 6.47. The van der Waals surface area contributed by atoms with Crippen LogP contribution in [0.25, 0.3) is 11.1 Å². The SMILES string of the molecule is Cn1c(=O)oc2c(CC3CCC(=O)NC3=O)cccc21. The van der Waals surface area contributed by atoms with Gasteiger partial charge in [0.05, 0.1) is 5.52 Å². The molecule has 1 aromatic carbocycles. The Morgan fingerprint density at radius 1 is 1.35 bits per heavy atom. The Bertz CT molecular complexity index is 756. The van der Waals surface area contributed by atoms with E-state index in [1.807, 2.05) is 12.1 Å². The molecule has 1 unspecified atom stereocenters. The smallest absolute Gasteiger partial charge is 0.407 e. The molecule has 1 aliphatic heterocycles. The van der Waals surface area contributed by atoms with E-state index in [2.05, 4.69) is 5.32 Å². The van der Waals surface area contributed by atoms with Crippen LogP contribution in [0.2, 0.25) is 0 Å². The standard InChI is InChI=1S/C14H14N2O4/c1-16-10-4-2-3-8(12(10)20-14(16)19)7-9-5-6-11(17)15-13(9)18/h2-4,9H,5-7H2,1H3,(H,15,17,18). The Balaban J connectivity index is 1.95. The van der Waals surface area contributed by atoms with Crippen molar-refractivity contribution in [3.05, 3.63) is 34.3 Å². The largest absolute Gasteiger partial charge is 0.419 e. The average Bonchev–Trinajstić information content (AvgIpc) is 2.70. The normalized spacial score (nSPS) is 19.4. The topological polar surface area (TPSA) is 81.3 Å². The van der Waals surface area contributed by atoms with E-state index in [-0.39, 0.29) is 17.7 Å². The van der Waals surface area contributed by atoms with Crippen molar-refractivity contribution < 1.29 is 14.0 Å². The van der Waals surface area contributed by atoms with E-state index < -0.39 is 5.76 Å². The number of piperidine rings is 1. The molecular weight excluding hydrogens is 260 g/mol. The van der Waals surface area contributed by atoms with E-state index in [1.165, 1.54) is 4.57 Å². The van der Waals surface area contributed by atoms with Crippen LogP contribution in [-0.4, -0.2) is 16.4 Å². The first-order chi connectivity index (χ1) is 9.56. The van der Waals surface area contributed by atoms with Crippen LogP contribution in [0, 0.1) is 5.92 Å². The van der Waals surface area contributed by atoms with Gasteiger partial charge >= 0.3 is 5.76 Å². The van der Waals surface area contributed by atoms with Crippen LogP contribution in [0.4, 0.5) is 0 Å². The molecule has 1 N–H and O–H groups in total. The Kier molecular flexibility index (Phi) is 2.93. The number of amides is 2. The fourth-order valence-corrected chi connectivity index (χ4v) is 2.57. The van der Waals surface area contributed by atoms with Gasteiger partial charge in [0, 0.05) is 19.4 Å². The summed E-state index contributed by atoms with van der Waals surface area (Å²) in [5.74, 6) is -1.16. The Hall–Kier alpha value is -2.37. The third-order valence-electron chi connectivity index (χ3n) is 3.72. The molecule has 0 spiro atoms. The summed E-state index contributed by atoms with van der Waals surface area (Å²) >= 11 is 0. The van der Waals surface area contributed by atoms with E-state index in [0.717, 1.165) is 5.56 Å². The molecule has 1 fully saturated rings. The van der Waals surface area contributed by atoms with Crippen molar-refractivity contribution >= 4 is 22.9 Å². The fourth-order valence-electron chi connectivity index (χ4n) is 2.57. The summed E-state index contributed by atoms with van der Waals surface area (Å²) in [5, 5.41) is 2.34. The molecule has 1 aromatic heterocycles. The van der Waals surface area contributed by atoms with Crippen molar-refractivity contribution in [3.8, 4) is 0 Å². The highest BCUT2D eigenvalue weighted by molar-refractivity contribution is 5.98. The van der Waals surface area contributed by atoms with Gasteiger partial charge in [0.15, 0.2) is 5.58 Å². The van der Waals surface area contributed by atoms with Gasteiger partial charge < -0.3 is 4.42 Å². The van der Waals surface area contributed by atoms with E-state index in [4.69, 9.17) is 4.42 Å². The first kappa shape index (κ1) is 12.7. The minimum Gasteiger partial charge on any atom is -0.407 e. The van der Waals surface area contributed by atoms with Gasteiger partial charge in [-0.15, -0.1) is 0 Å². The molecule has 6 nitrogen and oxygen atoms in total. The lowest BCUT2D eigenvalue weighted by molar-refractivity contribution is -0.136. The number of hydrogen-bond acceptors (Lipinski definition) is 4. The second kappa shape index (κ2) is 4.63. The molecule has 2 aromatic rings. The molecule has 2 amide bonds. The van der Waals surface area contributed by atoms with E-state index in [1.54, 1.807) is 13.1 Å². The van der Waals surface area contributed by atoms with Crippen LogP contribution in [-0.2, 0) is 23.1 Å². The van der Waals surface area contributed by atoms with Crippen molar-refractivity contribution in [2.45, 2.75) is 19.3 Å². The van der Waals surface area contributed by atoms with Gasteiger partial charge in [-0.2, -0.15) is 0 Å². The molecule has 104 valence electrons. The number of aromatic nitrogens is 1. The quantitative estimate of drug-likeness (QED) is 0.818. The molecule has 2 heterocycles. The zero-order valence-corrected chi connectivity index (χ0v) is 11.0. The molecule has 1 saturated heterocycles. The van der Waals surface area contributed by atoms with Gasteiger partial charge in [-0.05, 0) is 24.5 Å². The number of oxazole rings is 1. The monoisotopic (exact) mass is 274 g/mol. The number of benzene rings is 1. The molecule has 1 atom stereocenters. The number of aryl methyl sites for hydroxylation is 1. The maximum atomic E-state index is 11.8. The summed E-state index contributed by atoms with van der Waals surface area (Å²) in [6, 6.07) is 5.47. The molecule has 6 heteroatoms. The van der Waals surface area contributed by atoms with E-state index >= 15 is 0 Å². The van der Waals surface area contributed by atoms with Crippen molar-refractivity contribution in [2.24, 2.45) is 13.0 Å². The molecule has 3 rings (SSSR count). The number of carbonyl (C=O) groups is 2. The number of carbonyl (C=O) groups excluding carboxylic acids is 2. The average molecular weight is 274 g/mol. The van der Waals surface area contributed by atoms with E-state index in [9.17, 15) is 14.4 Å². The van der Waals surface area contributed by atoms with Gasteiger partial charge in [0.2, 0.25) is 11.8 Å². The number of para-hydroxylation sites is 1. The molecule has 0 radical (unpaired) electrons. The van der Waals surface area contributed by atoms with Crippen LogP contribution >= 0.6 is 0 Å². The third-order valence-corrected chi connectivity index (χ3v) is 3.72. The highest BCUT2D eigenvalue weighted by Crippen LogP contribution is 2.23. The summed E-state index contributed by atoms with van der Waals surface area (Å²) in [4.78, 5) is 34.5. The van der Waals surface area contributed by atoms with Crippen molar-refractivity contribution in [2.75, 3.05) is 0 Å². The van der Waals surface area contributed by atoms with Crippen molar-refractivity contribution in [1.82, 2.24) is 9.88 Å². The lowest BCUT2D eigenvalue weighted by Gasteiger charge is -2.20. The predicted octanol–water partition coefficient (Wildman–Crippen LogP) is 0.727. The highest BCUT2D eigenvalue weighted by Gasteiger charge is 2.27. The lowest BCUT2D eigenvalue weighted by atomic mass is 9.91. The summed E-state index contributed by atoms with van der Waals surface area (Å²) in [7, 11) is 1.64. The molecule has 1 aliphatic rings. The van der Waals surface area contributed by atoms with Crippen molar-refractivity contribution in [3.63, 3.8) is 0 Å². The van der Waals surface area contributed by atoms with Gasteiger partial charge in [0.25, 0.3) is 0 Å². The number of imide groups is 1. The first-order valence-electron chi connectivity index (χ1n) is 6.47. The Labute approximate surface area is 114 Å². The maximum Gasteiger partial charge on any atom is 0.419 e. The number of nitrogens with zero attached hydrogens (tertiary/aromatic N) is 1. The maximum absolute atomic E-state index is 11.8. The lowest BCUT2D eigenvalue weighted by Crippen LogP contribution is -2.41. The third kappa shape index (κ3) is 2.03. The number of nitrogens with one attached hydrogen (secondary N) is 1. The number of hydrogen-bond donors (Lipinski definition) is 1. The predicted molar refractivity (Wildman–Crippen MR) is 71.0 cm³/mol. The zero-order valence-electron chi connectivity index (χ0n) is 11.0. The van der Waals surface area contributed by atoms with Gasteiger partial charge in [-0.3, -0.25) is 19.5 Å². The van der Waals surface area contributed by atoms with Crippen LogP contribution in [0.3, 0.4) is 0 Å². The Morgan fingerprint density at radius 2 is 2.15 bits per heavy atom. The summed E-state index contributed by atoms with van der Waals surface area (Å²) < 4.78 is 6.67.